The monoisotopic (exact) mass is 485 g/mol. The number of likely N-dealkylation sites (N-methyl/N-ethyl adjacent to an activating group) is 1. The standard InChI is InChI=1S/C28H47N5S/c1-3-10-27(33-19-14-25(15-20-33)32-17-7-8-18-32)24(13-9-16-29)22-31-28(34)26(30-2)21-23-11-5-4-6-12-23/h4-6,10-12,24-26,30H,3,7-9,13-22,29H2,1-2H3,(H,31,34). The average molecular weight is 486 g/mol. The Hall–Kier alpha value is -1.47. The molecule has 2 aliphatic rings. The number of allylic oxidation sites excluding steroid dienone is 1. The van der Waals surface area contributed by atoms with E-state index in [9.17, 15) is 0 Å². The van der Waals surface area contributed by atoms with Crippen LogP contribution in [0, 0.1) is 5.92 Å². The van der Waals surface area contributed by atoms with E-state index in [4.69, 9.17) is 18.0 Å². The first kappa shape index (κ1) is 27.1. The molecule has 0 spiro atoms. The number of nitrogens with zero attached hydrogens (tertiary/aromatic N) is 2. The summed E-state index contributed by atoms with van der Waals surface area (Å²) in [6, 6.07) is 11.5. The van der Waals surface area contributed by atoms with Crippen LogP contribution in [0.4, 0.5) is 0 Å². The van der Waals surface area contributed by atoms with Crippen LogP contribution in [0.15, 0.2) is 42.1 Å². The van der Waals surface area contributed by atoms with Gasteiger partial charge in [0.25, 0.3) is 0 Å². The van der Waals surface area contributed by atoms with Gasteiger partial charge in [0.05, 0.1) is 11.0 Å². The van der Waals surface area contributed by atoms with E-state index in [2.05, 4.69) is 63.8 Å². The van der Waals surface area contributed by atoms with Crippen LogP contribution in [0.2, 0.25) is 0 Å². The minimum Gasteiger partial charge on any atom is -0.378 e. The number of likely N-dealkylation sites (tertiary alicyclic amines) is 2. The highest BCUT2D eigenvalue weighted by atomic mass is 32.1. The number of piperidine rings is 1. The highest BCUT2D eigenvalue weighted by molar-refractivity contribution is 7.80. The van der Waals surface area contributed by atoms with Crippen molar-refractivity contribution in [1.82, 2.24) is 20.4 Å². The minimum absolute atomic E-state index is 0.141. The lowest BCUT2D eigenvalue weighted by Gasteiger charge is -2.41. The number of nitrogens with two attached hydrogens (primary N) is 1. The van der Waals surface area contributed by atoms with Crippen LogP contribution >= 0.6 is 12.2 Å². The predicted molar refractivity (Wildman–Crippen MR) is 149 cm³/mol. The van der Waals surface area contributed by atoms with Crippen molar-refractivity contribution in [2.45, 2.75) is 70.4 Å². The van der Waals surface area contributed by atoms with Crippen molar-refractivity contribution in [3.63, 3.8) is 0 Å². The fourth-order valence-corrected chi connectivity index (χ4v) is 5.88. The van der Waals surface area contributed by atoms with Crippen LogP contribution in [-0.2, 0) is 6.42 Å². The fraction of sp³-hybridized carbons (Fsp3) is 0.679. The van der Waals surface area contributed by atoms with Crippen molar-refractivity contribution >= 4 is 17.2 Å². The molecule has 4 N–H and O–H groups in total. The van der Waals surface area contributed by atoms with Crippen LogP contribution in [-0.4, -0.2) is 73.2 Å². The molecular formula is C28H47N5S. The molecule has 2 saturated heterocycles. The van der Waals surface area contributed by atoms with Gasteiger partial charge < -0.3 is 26.2 Å². The normalized spacial score (nSPS) is 19.9. The Bertz CT molecular complexity index is 738. The Morgan fingerprint density at radius 2 is 1.85 bits per heavy atom. The molecule has 5 nitrogen and oxygen atoms in total. The van der Waals surface area contributed by atoms with Gasteiger partial charge in [0, 0.05) is 37.3 Å². The molecule has 0 amide bonds. The topological polar surface area (TPSA) is 56.6 Å². The van der Waals surface area contributed by atoms with Crippen molar-refractivity contribution in [2.24, 2.45) is 11.7 Å². The average Bonchev–Trinajstić information content (AvgIpc) is 3.42. The molecular weight excluding hydrogens is 438 g/mol. The second-order valence-corrected chi connectivity index (χ2v) is 10.3. The Kier molecular flexibility index (Phi) is 11.8. The van der Waals surface area contributed by atoms with E-state index in [0.717, 1.165) is 49.8 Å². The van der Waals surface area contributed by atoms with E-state index in [1.54, 1.807) is 0 Å². The second-order valence-electron chi connectivity index (χ2n) is 9.90. The van der Waals surface area contributed by atoms with E-state index >= 15 is 0 Å². The number of rotatable bonds is 13. The van der Waals surface area contributed by atoms with E-state index < -0.39 is 0 Å². The van der Waals surface area contributed by atoms with E-state index in [-0.39, 0.29) is 6.04 Å². The third kappa shape index (κ3) is 8.04. The zero-order valence-corrected chi connectivity index (χ0v) is 22.3. The van der Waals surface area contributed by atoms with Gasteiger partial charge in [-0.15, -0.1) is 0 Å². The quantitative estimate of drug-likeness (QED) is 0.368. The van der Waals surface area contributed by atoms with Gasteiger partial charge in [0.2, 0.25) is 0 Å². The molecule has 34 heavy (non-hydrogen) atoms. The highest BCUT2D eigenvalue weighted by Gasteiger charge is 2.29. The number of nitrogens with one attached hydrogen (secondary N) is 2. The van der Waals surface area contributed by atoms with Gasteiger partial charge in [0.15, 0.2) is 0 Å². The Morgan fingerprint density at radius 3 is 2.47 bits per heavy atom. The summed E-state index contributed by atoms with van der Waals surface area (Å²) in [5, 5.41) is 7.06. The smallest absolute Gasteiger partial charge is 0.0929 e. The summed E-state index contributed by atoms with van der Waals surface area (Å²) in [6.07, 6.45) is 11.9. The summed E-state index contributed by atoms with van der Waals surface area (Å²) >= 11 is 5.85. The highest BCUT2D eigenvalue weighted by Crippen LogP contribution is 2.28. The molecule has 2 atom stereocenters. The molecule has 6 heteroatoms. The van der Waals surface area contributed by atoms with Crippen molar-refractivity contribution < 1.29 is 0 Å². The van der Waals surface area contributed by atoms with E-state index in [1.165, 1.54) is 63.1 Å². The number of thiocarbonyl (C=S) groups is 1. The predicted octanol–water partition coefficient (Wildman–Crippen LogP) is 3.94. The van der Waals surface area contributed by atoms with Crippen molar-refractivity contribution in [2.75, 3.05) is 46.3 Å². The van der Waals surface area contributed by atoms with Crippen LogP contribution in [0.5, 0.6) is 0 Å². The molecule has 1 aromatic carbocycles. The molecule has 0 saturated carbocycles. The third-order valence-electron chi connectivity index (χ3n) is 7.55. The first-order valence-corrected chi connectivity index (χ1v) is 13.9. The summed E-state index contributed by atoms with van der Waals surface area (Å²) in [7, 11) is 2.00. The molecule has 0 radical (unpaired) electrons. The molecule has 2 heterocycles. The third-order valence-corrected chi connectivity index (χ3v) is 7.97. The largest absolute Gasteiger partial charge is 0.378 e. The summed E-state index contributed by atoms with van der Waals surface area (Å²) in [4.78, 5) is 6.31. The lowest BCUT2D eigenvalue weighted by molar-refractivity contribution is 0.138. The molecule has 190 valence electrons. The van der Waals surface area contributed by atoms with Crippen LogP contribution in [0.3, 0.4) is 0 Å². The number of hydrogen-bond donors (Lipinski definition) is 3. The van der Waals surface area contributed by atoms with Crippen LogP contribution in [0.1, 0.15) is 57.4 Å². The molecule has 2 fully saturated rings. The van der Waals surface area contributed by atoms with E-state index in [1.807, 2.05) is 7.05 Å². The summed E-state index contributed by atoms with van der Waals surface area (Å²) in [5.41, 5.74) is 8.75. The molecule has 3 rings (SSSR count). The van der Waals surface area contributed by atoms with Crippen molar-refractivity contribution in [3.8, 4) is 0 Å². The first-order valence-electron chi connectivity index (χ1n) is 13.5. The number of hydrogen-bond acceptors (Lipinski definition) is 5. The van der Waals surface area contributed by atoms with Crippen LogP contribution in [0.25, 0.3) is 0 Å². The molecule has 0 bridgehead atoms. The zero-order valence-electron chi connectivity index (χ0n) is 21.5. The molecule has 0 aliphatic carbocycles. The SMILES string of the molecule is CCC=C(C(CCCN)CNC(=S)C(Cc1ccccc1)NC)N1CCC(N2CCCC2)CC1. The summed E-state index contributed by atoms with van der Waals surface area (Å²) in [6.45, 7) is 8.82. The first-order chi connectivity index (χ1) is 16.7. The molecule has 0 aromatic heterocycles. The molecule has 2 aliphatic heterocycles. The Labute approximate surface area is 213 Å². The van der Waals surface area contributed by atoms with Gasteiger partial charge in [-0.2, -0.15) is 0 Å². The van der Waals surface area contributed by atoms with E-state index in [0.29, 0.717) is 5.92 Å². The summed E-state index contributed by atoms with van der Waals surface area (Å²) < 4.78 is 0. The van der Waals surface area contributed by atoms with Gasteiger partial charge in [0.1, 0.15) is 0 Å². The van der Waals surface area contributed by atoms with Gasteiger partial charge in [-0.1, -0.05) is 55.5 Å². The maximum absolute atomic E-state index is 5.93. The zero-order chi connectivity index (χ0) is 24.2. The lowest BCUT2D eigenvalue weighted by Crippen LogP contribution is -2.47. The minimum atomic E-state index is 0.141. The Morgan fingerprint density at radius 1 is 1.15 bits per heavy atom. The summed E-state index contributed by atoms with van der Waals surface area (Å²) in [5.74, 6) is 0.444. The number of benzene rings is 1. The maximum Gasteiger partial charge on any atom is 0.0929 e. The van der Waals surface area contributed by atoms with Gasteiger partial charge >= 0.3 is 0 Å². The van der Waals surface area contributed by atoms with Gasteiger partial charge in [-0.25, -0.2) is 0 Å². The van der Waals surface area contributed by atoms with Crippen molar-refractivity contribution in [3.05, 3.63) is 47.7 Å². The lowest BCUT2D eigenvalue weighted by atomic mass is 9.94. The fourth-order valence-electron chi connectivity index (χ4n) is 5.60. The second kappa shape index (κ2) is 14.8. The van der Waals surface area contributed by atoms with Gasteiger partial charge in [-0.05, 0) is 83.6 Å². The maximum atomic E-state index is 5.93. The van der Waals surface area contributed by atoms with Gasteiger partial charge in [-0.3, -0.25) is 0 Å². The molecule has 2 unspecified atom stereocenters. The van der Waals surface area contributed by atoms with Crippen LogP contribution < -0.4 is 16.4 Å². The Balaban J connectivity index is 1.60. The molecule has 1 aromatic rings. The van der Waals surface area contributed by atoms with Crippen molar-refractivity contribution in [1.29, 1.82) is 0 Å².